The summed E-state index contributed by atoms with van der Waals surface area (Å²) < 4.78 is 5.54. The second kappa shape index (κ2) is 9.27. The number of Topliss-reactive ketones (excluding diaryl/α,β-unsaturated/α-hetero) is 1. The predicted octanol–water partition coefficient (Wildman–Crippen LogP) is 3.27. The van der Waals surface area contributed by atoms with Crippen LogP contribution < -0.4 is 4.74 Å². The number of hydrogen-bond donors (Lipinski definition) is 1. The smallest absolute Gasteiger partial charge is 0.290 e. The van der Waals surface area contributed by atoms with Crippen LogP contribution in [0.4, 0.5) is 0 Å². The van der Waals surface area contributed by atoms with Crippen LogP contribution >= 0.6 is 0 Å². The Balaban J connectivity index is 1.89. The molecule has 1 unspecified atom stereocenters. The Morgan fingerprint density at radius 2 is 1.90 bits per heavy atom. The van der Waals surface area contributed by atoms with E-state index in [1.807, 2.05) is 24.3 Å². The highest BCUT2D eigenvalue weighted by Crippen LogP contribution is 2.39. The second-order valence-electron chi connectivity index (χ2n) is 7.90. The second-order valence-corrected chi connectivity index (χ2v) is 7.90. The van der Waals surface area contributed by atoms with Crippen LogP contribution in [-0.4, -0.2) is 59.4 Å². The van der Waals surface area contributed by atoms with Crippen molar-refractivity contribution in [3.63, 3.8) is 0 Å². The summed E-state index contributed by atoms with van der Waals surface area (Å²) in [7, 11) is 0. The molecule has 0 aliphatic carbocycles. The third kappa shape index (κ3) is 4.53. The molecule has 0 spiro atoms. The average Bonchev–Trinajstić information content (AvgIpc) is 3.32. The number of likely N-dealkylation sites (tertiary alicyclic amines) is 1. The fraction of sp³-hybridized carbons (Fsp3) is 0.478. The van der Waals surface area contributed by atoms with Gasteiger partial charge in [-0.3, -0.25) is 9.59 Å². The first-order chi connectivity index (χ1) is 13.9. The van der Waals surface area contributed by atoms with Crippen molar-refractivity contribution < 1.29 is 19.4 Å². The third-order valence-corrected chi connectivity index (χ3v) is 5.51. The van der Waals surface area contributed by atoms with Gasteiger partial charge in [-0.05, 0) is 43.6 Å². The molecule has 2 heterocycles. The van der Waals surface area contributed by atoms with E-state index in [2.05, 4.69) is 11.5 Å². The molecule has 2 aliphatic rings. The molecule has 2 aliphatic heterocycles. The summed E-state index contributed by atoms with van der Waals surface area (Å²) in [6.45, 7) is 10.9. The lowest BCUT2D eigenvalue weighted by Crippen LogP contribution is -2.38. The number of amides is 1. The number of aliphatic hydroxyl groups excluding tert-OH is 1. The van der Waals surface area contributed by atoms with E-state index in [1.54, 1.807) is 24.8 Å². The molecule has 1 atom stereocenters. The Morgan fingerprint density at radius 3 is 2.48 bits per heavy atom. The predicted molar refractivity (Wildman–Crippen MR) is 112 cm³/mol. The number of rotatable bonds is 9. The molecule has 1 aromatic rings. The lowest BCUT2D eigenvalue weighted by Gasteiger charge is -2.29. The molecule has 156 valence electrons. The molecule has 1 amide bonds. The van der Waals surface area contributed by atoms with Crippen molar-refractivity contribution in [2.45, 2.75) is 32.7 Å². The van der Waals surface area contributed by atoms with Crippen molar-refractivity contribution in [3.8, 4) is 5.75 Å². The van der Waals surface area contributed by atoms with Gasteiger partial charge in [0.05, 0.1) is 11.6 Å². The van der Waals surface area contributed by atoms with E-state index in [4.69, 9.17) is 4.74 Å². The number of aliphatic hydroxyl groups is 1. The van der Waals surface area contributed by atoms with Crippen molar-refractivity contribution >= 4 is 11.7 Å². The van der Waals surface area contributed by atoms with Gasteiger partial charge in [0.15, 0.2) is 11.5 Å². The SMILES string of the molecule is C=CCOc1ccc(C2C(C(=O)C(C)C)=C(O)C(=O)N2CCN2CCCC2)cc1. The normalized spacial score (nSPS) is 20.0. The van der Waals surface area contributed by atoms with E-state index < -0.39 is 17.7 Å². The van der Waals surface area contributed by atoms with Gasteiger partial charge in [-0.1, -0.05) is 38.6 Å². The van der Waals surface area contributed by atoms with E-state index in [1.165, 1.54) is 12.8 Å². The maximum atomic E-state index is 12.9. The minimum absolute atomic E-state index is 0.198. The molecule has 1 saturated heterocycles. The zero-order valence-electron chi connectivity index (χ0n) is 17.3. The standard InChI is InChI=1S/C23H30N2O4/c1-4-15-29-18-9-7-17(8-10-18)20-19(21(26)16(2)3)22(27)23(28)25(20)14-13-24-11-5-6-12-24/h4,7-10,16,20,27H,1,5-6,11-15H2,2-3H3. The van der Waals surface area contributed by atoms with Gasteiger partial charge >= 0.3 is 0 Å². The van der Waals surface area contributed by atoms with Crippen LogP contribution in [0.1, 0.15) is 38.3 Å². The largest absolute Gasteiger partial charge is 0.503 e. The number of nitrogens with zero attached hydrogens (tertiary/aromatic N) is 2. The number of ether oxygens (including phenoxy) is 1. The molecule has 0 bridgehead atoms. The zero-order chi connectivity index (χ0) is 21.0. The van der Waals surface area contributed by atoms with E-state index in [-0.39, 0.29) is 17.3 Å². The zero-order valence-corrected chi connectivity index (χ0v) is 17.3. The van der Waals surface area contributed by atoms with Crippen molar-refractivity contribution in [1.29, 1.82) is 0 Å². The van der Waals surface area contributed by atoms with Crippen LogP contribution in [0.3, 0.4) is 0 Å². The highest BCUT2D eigenvalue weighted by atomic mass is 16.5. The van der Waals surface area contributed by atoms with Gasteiger partial charge in [-0.15, -0.1) is 0 Å². The third-order valence-electron chi connectivity index (χ3n) is 5.51. The summed E-state index contributed by atoms with van der Waals surface area (Å²) >= 11 is 0. The molecule has 1 N–H and O–H groups in total. The molecular weight excluding hydrogens is 368 g/mol. The maximum absolute atomic E-state index is 12.9. The Bertz CT molecular complexity index is 792. The summed E-state index contributed by atoms with van der Waals surface area (Å²) in [6.07, 6.45) is 4.01. The molecule has 6 heteroatoms. The topological polar surface area (TPSA) is 70.1 Å². The summed E-state index contributed by atoms with van der Waals surface area (Å²) in [5, 5.41) is 10.6. The summed E-state index contributed by atoms with van der Waals surface area (Å²) in [5.74, 6) is -0.702. The summed E-state index contributed by atoms with van der Waals surface area (Å²) in [5.41, 5.74) is 0.991. The van der Waals surface area contributed by atoms with E-state index in [0.29, 0.717) is 18.9 Å². The van der Waals surface area contributed by atoms with Crippen LogP contribution in [0.25, 0.3) is 0 Å². The van der Waals surface area contributed by atoms with Gasteiger partial charge in [0.25, 0.3) is 5.91 Å². The molecule has 6 nitrogen and oxygen atoms in total. The van der Waals surface area contributed by atoms with Crippen LogP contribution in [0.15, 0.2) is 48.3 Å². The van der Waals surface area contributed by atoms with Crippen molar-refractivity contribution in [2.75, 3.05) is 32.8 Å². The maximum Gasteiger partial charge on any atom is 0.290 e. The Labute approximate surface area is 172 Å². The fourth-order valence-electron chi connectivity index (χ4n) is 3.95. The first kappa shape index (κ1) is 21.1. The number of hydrogen-bond acceptors (Lipinski definition) is 5. The highest BCUT2D eigenvalue weighted by molar-refractivity contribution is 6.09. The van der Waals surface area contributed by atoms with Gasteiger partial charge in [-0.25, -0.2) is 0 Å². The first-order valence-corrected chi connectivity index (χ1v) is 10.3. The molecule has 1 aromatic carbocycles. The Morgan fingerprint density at radius 1 is 1.24 bits per heavy atom. The Hall–Kier alpha value is -2.60. The average molecular weight is 399 g/mol. The monoisotopic (exact) mass is 398 g/mol. The quantitative estimate of drug-likeness (QED) is 0.647. The summed E-state index contributed by atoms with van der Waals surface area (Å²) in [6, 6.07) is 6.76. The van der Waals surface area contributed by atoms with Gasteiger partial charge in [0.1, 0.15) is 12.4 Å². The van der Waals surface area contributed by atoms with Gasteiger partial charge in [0.2, 0.25) is 0 Å². The van der Waals surface area contributed by atoms with Crippen LogP contribution in [0.2, 0.25) is 0 Å². The van der Waals surface area contributed by atoms with Crippen LogP contribution in [0.5, 0.6) is 5.75 Å². The van der Waals surface area contributed by atoms with Gasteiger partial charge in [0, 0.05) is 19.0 Å². The summed E-state index contributed by atoms with van der Waals surface area (Å²) in [4.78, 5) is 29.7. The lowest BCUT2D eigenvalue weighted by molar-refractivity contribution is -0.129. The Kier molecular flexibility index (Phi) is 6.75. The number of ketones is 1. The van der Waals surface area contributed by atoms with Gasteiger partial charge in [-0.2, -0.15) is 0 Å². The van der Waals surface area contributed by atoms with E-state index in [0.717, 1.165) is 25.2 Å². The molecular formula is C23H30N2O4. The number of carbonyl (C=O) groups is 2. The molecule has 0 radical (unpaired) electrons. The number of carbonyl (C=O) groups excluding carboxylic acids is 2. The molecule has 3 rings (SSSR count). The van der Waals surface area contributed by atoms with Crippen LogP contribution in [0, 0.1) is 5.92 Å². The molecule has 29 heavy (non-hydrogen) atoms. The first-order valence-electron chi connectivity index (χ1n) is 10.3. The molecule has 1 fully saturated rings. The lowest BCUT2D eigenvalue weighted by atomic mass is 9.91. The van der Waals surface area contributed by atoms with Crippen LogP contribution in [-0.2, 0) is 9.59 Å². The fourth-order valence-corrected chi connectivity index (χ4v) is 3.95. The van der Waals surface area contributed by atoms with E-state index >= 15 is 0 Å². The molecule has 0 aromatic heterocycles. The van der Waals surface area contributed by atoms with Crippen molar-refractivity contribution in [3.05, 3.63) is 53.8 Å². The number of benzene rings is 1. The highest BCUT2D eigenvalue weighted by Gasteiger charge is 2.43. The minimum Gasteiger partial charge on any atom is -0.503 e. The van der Waals surface area contributed by atoms with Crippen molar-refractivity contribution in [2.24, 2.45) is 5.92 Å². The molecule has 0 saturated carbocycles. The van der Waals surface area contributed by atoms with E-state index in [9.17, 15) is 14.7 Å². The minimum atomic E-state index is -0.576. The van der Waals surface area contributed by atoms with Crippen molar-refractivity contribution in [1.82, 2.24) is 9.80 Å². The van der Waals surface area contributed by atoms with Gasteiger partial charge < -0.3 is 19.6 Å².